The summed E-state index contributed by atoms with van der Waals surface area (Å²) in [5.74, 6) is -1.57. The van der Waals surface area contributed by atoms with E-state index in [0.29, 0.717) is 17.0 Å². The summed E-state index contributed by atoms with van der Waals surface area (Å²) in [6, 6.07) is 22.8. The third kappa shape index (κ3) is 5.44. The van der Waals surface area contributed by atoms with E-state index in [1.54, 1.807) is 18.3 Å². The van der Waals surface area contributed by atoms with E-state index in [9.17, 15) is 13.6 Å². The van der Waals surface area contributed by atoms with E-state index >= 15 is 0 Å². The van der Waals surface area contributed by atoms with Crippen molar-refractivity contribution in [2.24, 2.45) is 0 Å². The molecule has 0 saturated carbocycles. The van der Waals surface area contributed by atoms with E-state index < -0.39 is 11.6 Å². The highest BCUT2D eigenvalue weighted by Gasteiger charge is 2.24. The summed E-state index contributed by atoms with van der Waals surface area (Å²) in [6.07, 6.45) is 5.43. The van der Waals surface area contributed by atoms with Gasteiger partial charge in [-0.05, 0) is 71.0 Å². The van der Waals surface area contributed by atoms with Gasteiger partial charge in [0.05, 0.1) is 5.69 Å². The molecule has 1 heterocycles. The van der Waals surface area contributed by atoms with Crippen LogP contribution in [0.5, 0.6) is 0 Å². The maximum Gasteiger partial charge on any atom is 0.137 e. The highest BCUT2D eigenvalue weighted by atomic mass is 35.5. The van der Waals surface area contributed by atoms with Crippen LogP contribution in [0.3, 0.4) is 0 Å². The molecule has 5 heteroatoms. The van der Waals surface area contributed by atoms with Crippen LogP contribution in [-0.2, 0) is 17.6 Å². The maximum atomic E-state index is 14.0. The van der Waals surface area contributed by atoms with Gasteiger partial charge in [0.15, 0.2) is 0 Å². The summed E-state index contributed by atoms with van der Waals surface area (Å²) in [4.78, 5) is 18.0. The van der Waals surface area contributed by atoms with E-state index in [1.807, 2.05) is 42.5 Å². The molecule has 0 aliphatic heterocycles. The molecule has 0 radical (unpaired) electrons. The first-order valence-corrected chi connectivity index (χ1v) is 12.3. The van der Waals surface area contributed by atoms with E-state index in [1.165, 1.54) is 17.7 Å². The minimum absolute atomic E-state index is 0.0625. The quantitative estimate of drug-likeness (QED) is 0.246. The lowest BCUT2D eigenvalue weighted by Gasteiger charge is -2.20. The Morgan fingerprint density at radius 2 is 1.64 bits per heavy atom. The monoisotopic (exact) mass is 499 g/mol. The van der Waals surface area contributed by atoms with Crippen LogP contribution in [0.2, 0.25) is 5.02 Å². The number of aromatic nitrogens is 1. The Morgan fingerprint density at radius 1 is 0.917 bits per heavy atom. The van der Waals surface area contributed by atoms with Gasteiger partial charge < -0.3 is 0 Å². The number of ketones is 1. The zero-order valence-electron chi connectivity index (χ0n) is 19.6. The molecule has 1 aliphatic rings. The number of rotatable bonds is 8. The van der Waals surface area contributed by atoms with Crippen molar-refractivity contribution in [3.05, 3.63) is 130 Å². The molecule has 0 amide bonds. The lowest BCUT2D eigenvalue weighted by atomic mass is 9.85. The van der Waals surface area contributed by atoms with E-state index in [-0.39, 0.29) is 24.5 Å². The molecule has 2 nitrogen and oxygen atoms in total. The molecule has 4 aromatic rings. The van der Waals surface area contributed by atoms with Gasteiger partial charge in [0.1, 0.15) is 17.4 Å². The minimum atomic E-state index is -0.637. The van der Waals surface area contributed by atoms with E-state index in [2.05, 4.69) is 17.1 Å². The Bertz CT molecular complexity index is 1430. The van der Waals surface area contributed by atoms with Crippen molar-refractivity contribution in [2.75, 3.05) is 0 Å². The standard InChI is InChI=1S/C31H24ClF2NO/c32-25-11-9-22(10-12-25)30-6-3-13-35-31(30)24(14-20-15-26(33)19-27(34)16-20)18-28(36)17-23-8-7-21-4-1-2-5-29(21)23/h1-6,8-13,15-16,19,24H,7,14,17-18H2/t24-/m1/s1. The molecule has 1 atom stereocenters. The number of halogens is 3. The number of benzene rings is 3. The van der Waals surface area contributed by atoms with Crippen molar-refractivity contribution in [2.45, 2.75) is 31.6 Å². The largest absolute Gasteiger partial charge is 0.299 e. The zero-order valence-corrected chi connectivity index (χ0v) is 20.3. The summed E-state index contributed by atoms with van der Waals surface area (Å²) < 4.78 is 28.0. The Kier molecular flexibility index (Phi) is 7.06. The smallest absolute Gasteiger partial charge is 0.137 e. The van der Waals surface area contributed by atoms with Gasteiger partial charge in [0.25, 0.3) is 0 Å². The fraction of sp³-hybridized carbons (Fsp3) is 0.161. The first-order chi connectivity index (χ1) is 17.5. The van der Waals surface area contributed by atoms with Crippen LogP contribution in [0.4, 0.5) is 8.78 Å². The van der Waals surface area contributed by atoms with Crippen molar-refractivity contribution in [1.29, 1.82) is 0 Å². The molecule has 1 aliphatic carbocycles. The highest BCUT2D eigenvalue weighted by molar-refractivity contribution is 6.30. The Balaban J connectivity index is 1.47. The number of pyridine rings is 1. The third-order valence-electron chi connectivity index (χ3n) is 6.58. The minimum Gasteiger partial charge on any atom is -0.299 e. The first-order valence-electron chi connectivity index (χ1n) is 11.9. The van der Waals surface area contributed by atoms with E-state index in [4.69, 9.17) is 11.6 Å². The summed E-state index contributed by atoms with van der Waals surface area (Å²) in [7, 11) is 0. The van der Waals surface area contributed by atoms with Gasteiger partial charge in [0.2, 0.25) is 0 Å². The zero-order chi connectivity index (χ0) is 25.1. The Labute approximate surface area is 214 Å². The fourth-order valence-corrected chi connectivity index (χ4v) is 5.10. The molecule has 1 aromatic heterocycles. The molecular weight excluding hydrogens is 476 g/mol. The lowest BCUT2D eigenvalue weighted by Crippen LogP contribution is -2.13. The number of hydrogen-bond acceptors (Lipinski definition) is 2. The predicted octanol–water partition coefficient (Wildman–Crippen LogP) is 8.00. The van der Waals surface area contributed by atoms with Crippen LogP contribution in [0.15, 0.2) is 91.1 Å². The molecule has 0 N–H and O–H groups in total. The fourth-order valence-electron chi connectivity index (χ4n) is 4.98. The summed E-state index contributed by atoms with van der Waals surface area (Å²) in [5.41, 5.74) is 6.37. The first kappa shape index (κ1) is 24.1. The number of Topliss-reactive ketones (excluding diaryl/α,β-unsaturated/α-hetero) is 1. The molecule has 3 aromatic carbocycles. The molecule has 0 saturated heterocycles. The molecule has 0 spiro atoms. The van der Waals surface area contributed by atoms with Crippen molar-refractivity contribution in [3.8, 4) is 11.1 Å². The number of carbonyl (C=O) groups is 1. The molecule has 36 heavy (non-hydrogen) atoms. The van der Waals surface area contributed by atoms with Crippen LogP contribution < -0.4 is 0 Å². The average molecular weight is 500 g/mol. The van der Waals surface area contributed by atoms with Crippen LogP contribution in [0.1, 0.15) is 41.1 Å². The average Bonchev–Trinajstić information content (AvgIpc) is 3.26. The maximum absolute atomic E-state index is 14.0. The molecule has 0 unspecified atom stereocenters. The molecule has 5 rings (SSSR count). The second-order valence-corrected chi connectivity index (χ2v) is 9.57. The predicted molar refractivity (Wildman–Crippen MR) is 140 cm³/mol. The SMILES string of the molecule is O=C(CC1=CCc2ccccc21)C[C@@H](Cc1cc(F)cc(F)c1)c1ncccc1-c1ccc(Cl)cc1. The third-order valence-corrected chi connectivity index (χ3v) is 6.83. The van der Waals surface area contributed by atoms with Crippen LogP contribution in [-0.4, -0.2) is 10.8 Å². The summed E-state index contributed by atoms with van der Waals surface area (Å²) >= 11 is 6.09. The molecule has 0 fully saturated rings. The Morgan fingerprint density at radius 3 is 2.42 bits per heavy atom. The summed E-state index contributed by atoms with van der Waals surface area (Å²) in [5, 5.41) is 0.622. The Hall–Kier alpha value is -3.63. The van der Waals surface area contributed by atoms with Gasteiger partial charge in [-0.15, -0.1) is 0 Å². The molecule has 0 bridgehead atoms. The number of hydrogen-bond donors (Lipinski definition) is 0. The van der Waals surface area contributed by atoms with Crippen molar-refractivity contribution >= 4 is 23.0 Å². The second-order valence-electron chi connectivity index (χ2n) is 9.13. The number of carbonyl (C=O) groups excluding carboxylic acids is 1. The van der Waals surface area contributed by atoms with E-state index in [0.717, 1.165) is 40.4 Å². The topological polar surface area (TPSA) is 30.0 Å². The van der Waals surface area contributed by atoms with Gasteiger partial charge in [0, 0.05) is 41.6 Å². The van der Waals surface area contributed by atoms with Crippen LogP contribution in [0.25, 0.3) is 16.7 Å². The van der Waals surface area contributed by atoms with Gasteiger partial charge >= 0.3 is 0 Å². The number of nitrogens with zero attached hydrogens (tertiary/aromatic N) is 1. The molecule has 180 valence electrons. The second kappa shape index (κ2) is 10.5. The van der Waals surface area contributed by atoms with Crippen LogP contribution in [0, 0.1) is 11.6 Å². The summed E-state index contributed by atoms with van der Waals surface area (Å²) in [6.45, 7) is 0. The lowest BCUT2D eigenvalue weighted by molar-refractivity contribution is -0.118. The number of fused-ring (bicyclic) bond motifs is 1. The van der Waals surface area contributed by atoms with Gasteiger partial charge in [-0.3, -0.25) is 9.78 Å². The van der Waals surface area contributed by atoms with Crippen molar-refractivity contribution < 1.29 is 13.6 Å². The molecular formula is C31H24ClF2NO. The van der Waals surface area contributed by atoms with Gasteiger partial charge in [-0.1, -0.05) is 60.1 Å². The van der Waals surface area contributed by atoms with Crippen molar-refractivity contribution in [3.63, 3.8) is 0 Å². The van der Waals surface area contributed by atoms with Crippen LogP contribution >= 0.6 is 11.6 Å². The normalized spacial score (nSPS) is 13.2. The van der Waals surface area contributed by atoms with Gasteiger partial charge in [-0.2, -0.15) is 0 Å². The van der Waals surface area contributed by atoms with Gasteiger partial charge in [-0.25, -0.2) is 8.78 Å². The highest BCUT2D eigenvalue weighted by Crippen LogP contribution is 2.35. The number of allylic oxidation sites excluding steroid dienone is 2. The van der Waals surface area contributed by atoms with Crippen molar-refractivity contribution in [1.82, 2.24) is 4.98 Å².